The number of carboxylic acid groups (broad SMARTS) is 1. The lowest BCUT2D eigenvalue weighted by Crippen LogP contribution is -2.36. The van der Waals surface area contributed by atoms with E-state index < -0.39 is 5.97 Å². The van der Waals surface area contributed by atoms with Crippen molar-refractivity contribution in [1.82, 2.24) is 19.1 Å². The molecule has 1 atom stereocenters. The van der Waals surface area contributed by atoms with Crippen LogP contribution in [0.25, 0.3) is 5.65 Å². The molecule has 0 unspecified atom stereocenters. The van der Waals surface area contributed by atoms with E-state index >= 15 is 0 Å². The minimum absolute atomic E-state index is 0.00312. The molecule has 126 valence electrons. The highest BCUT2D eigenvalue weighted by Crippen LogP contribution is 2.30. The van der Waals surface area contributed by atoms with Gasteiger partial charge in [-0.1, -0.05) is 12.2 Å². The van der Waals surface area contributed by atoms with Crippen molar-refractivity contribution in [3.8, 4) is 0 Å². The van der Waals surface area contributed by atoms with Crippen LogP contribution in [0, 0.1) is 4.64 Å². The molecule has 24 heavy (non-hydrogen) atoms. The molecule has 4 rings (SSSR count). The first kappa shape index (κ1) is 15.7. The molecule has 4 heterocycles. The number of aromatic nitrogens is 3. The maximum Gasteiger partial charge on any atom is 0.323 e. The van der Waals surface area contributed by atoms with Gasteiger partial charge >= 0.3 is 5.97 Å². The summed E-state index contributed by atoms with van der Waals surface area (Å²) in [5.41, 5.74) is 1.46. The zero-order chi connectivity index (χ0) is 17.0. The highest BCUT2D eigenvalue weighted by Gasteiger charge is 2.38. The SMILES string of the molecule is O=C(O)Cn1c2c(c(=S)n3nc(Br)cc13)CN([C@@H]1CCOC1)C2=O. The van der Waals surface area contributed by atoms with Crippen LogP contribution >= 0.6 is 28.1 Å². The lowest BCUT2D eigenvalue weighted by Gasteiger charge is -2.22. The number of carbonyl (C=O) groups excluding carboxylic acids is 1. The van der Waals surface area contributed by atoms with Gasteiger partial charge in [0.25, 0.3) is 5.91 Å². The van der Waals surface area contributed by atoms with E-state index in [0.717, 1.165) is 6.42 Å². The average molecular weight is 413 g/mol. The van der Waals surface area contributed by atoms with Crippen LogP contribution in [0.4, 0.5) is 0 Å². The summed E-state index contributed by atoms with van der Waals surface area (Å²) in [7, 11) is 0. The largest absolute Gasteiger partial charge is 0.480 e. The highest BCUT2D eigenvalue weighted by atomic mass is 79.9. The van der Waals surface area contributed by atoms with Gasteiger partial charge in [-0.05, 0) is 22.4 Å². The number of aliphatic carboxylic acids is 1. The zero-order valence-corrected chi connectivity index (χ0v) is 14.8. The van der Waals surface area contributed by atoms with E-state index in [2.05, 4.69) is 21.0 Å². The molecular formula is C14H13BrN4O4S. The summed E-state index contributed by atoms with van der Waals surface area (Å²) in [6.07, 6.45) is 0.772. The standard InChI is InChI=1S/C14H13BrN4O4S/c15-9-3-10-18(5-11(20)21)12-8(14(24)19(10)16-9)4-17(13(12)22)7-1-2-23-6-7/h3,7H,1-2,4-6H2,(H,20,21)/t7-/m1/s1. The van der Waals surface area contributed by atoms with Crippen molar-refractivity contribution in [1.29, 1.82) is 0 Å². The Kier molecular flexibility index (Phi) is 3.70. The second-order valence-corrected chi connectivity index (χ2v) is 7.00. The van der Waals surface area contributed by atoms with Crippen LogP contribution in [-0.4, -0.2) is 55.3 Å². The molecule has 1 saturated heterocycles. The van der Waals surface area contributed by atoms with Crippen molar-refractivity contribution in [2.24, 2.45) is 0 Å². The minimum atomic E-state index is -1.03. The summed E-state index contributed by atoms with van der Waals surface area (Å²) in [4.78, 5) is 26.0. The molecule has 10 heteroatoms. The normalized spacial score (nSPS) is 20.1. The van der Waals surface area contributed by atoms with Crippen molar-refractivity contribution >= 4 is 45.7 Å². The lowest BCUT2D eigenvalue weighted by molar-refractivity contribution is -0.137. The fraction of sp³-hybridized carbons (Fsp3) is 0.429. The van der Waals surface area contributed by atoms with Gasteiger partial charge in [0, 0.05) is 18.2 Å². The maximum absolute atomic E-state index is 13.0. The van der Waals surface area contributed by atoms with Gasteiger partial charge in [-0.2, -0.15) is 5.10 Å². The van der Waals surface area contributed by atoms with E-state index in [4.69, 9.17) is 17.0 Å². The smallest absolute Gasteiger partial charge is 0.323 e. The molecule has 2 aromatic rings. The first-order valence-corrected chi connectivity index (χ1v) is 8.59. The molecule has 2 aromatic heterocycles. The number of hydrogen-bond donors (Lipinski definition) is 1. The summed E-state index contributed by atoms with van der Waals surface area (Å²) < 4.78 is 9.32. The zero-order valence-electron chi connectivity index (χ0n) is 12.4. The number of rotatable bonds is 3. The Hall–Kier alpha value is -1.78. The summed E-state index contributed by atoms with van der Waals surface area (Å²) in [6.45, 7) is 1.14. The third-order valence-electron chi connectivity index (χ3n) is 4.38. The molecule has 2 aliphatic rings. The fourth-order valence-electron chi connectivity index (χ4n) is 3.31. The van der Waals surface area contributed by atoms with Gasteiger partial charge in [0.15, 0.2) is 0 Å². The van der Waals surface area contributed by atoms with Gasteiger partial charge in [-0.3, -0.25) is 9.59 Å². The third kappa shape index (κ3) is 2.28. The van der Waals surface area contributed by atoms with Crippen molar-refractivity contribution in [3.63, 3.8) is 0 Å². The number of carbonyl (C=O) groups is 2. The highest BCUT2D eigenvalue weighted by molar-refractivity contribution is 9.10. The van der Waals surface area contributed by atoms with Crippen LogP contribution < -0.4 is 0 Å². The second-order valence-electron chi connectivity index (χ2n) is 5.80. The van der Waals surface area contributed by atoms with Crippen molar-refractivity contribution < 1.29 is 19.4 Å². The molecule has 0 spiro atoms. The summed E-state index contributed by atoms with van der Waals surface area (Å²) in [6, 6.07) is 1.66. The van der Waals surface area contributed by atoms with E-state index in [1.807, 2.05) is 0 Å². The van der Waals surface area contributed by atoms with Gasteiger partial charge in [-0.25, -0.2) is 4.52 Å². The Labute approximate surface area is 149 Å². The quantitative estimate of drug-likeness (QED) is 0.767. The Morgan fingerprint density at radius 1 is 1.54 bits per heavy atom. The van der Waals surface area contributed by atoms with Crippen LogP contribution in [-0.2, 0) is 22.6 Å². The minimum Gasteiger partial charge on any atom is -0.480 e. The molecule has 1 N–H and O–H groups in total. The molecule has 0 aliphatic carbocycles. The van der Waals surface area contributed by atoms with Crippen LogP contribution in [0.15, 0.2) is 10.7 Å². The fourth-order valence-corrected chi connectivity index (χ4v) is 3.97. The molecule has 0 saturated carbocycles. The Balaban J connectivity index is 1.93. The second kappa shape index (κ2) is 5.64. The predicted octanol–water partition coefficient (Wildman–Crippen LogP) is 1.46. The summed E-state index contributed by atoms with van der Waals surface area (Å²) in [5, 5.41) is 13.5. The maximum atomic E-state index is 13.0. The lowest BCUT2D eigenvalue weighted by atomic mass is 10.2. The summed E-state index contributed by atoms with van der Waals surface area (Å²) >= 11 is 8.77. The van der Waals surface area contributed by atoms with Crippen LogP contribution in [0.5, 0.6) is 0 Å². The van der Waals surface area contributed by atoms with Gasteiger partial charge in [0.05, 0.1) is 19.2 Å². The van der Waals surface area contributed by atoms with Crippen molar-refractivity contribution in [2.75, 3.05) is 13.2 Å². The molecular weight excluding hydrogens is 400 g/mol. The van der Waals surface area contributed by atoms with E-state index in [1.165, 1.54) is 9.08 Å². The predicted molar refractivity (Wildman–Crippen MR) is 88.4 cm³/mol. The monoisotopic (exact) mass is 412 g/mol. The molecule has 1 fully saturated rings. The summed E-state index contributed by atoms with van der Waals surface area (Å²) in [5.74, 6) is -1.23. The average Bonchev–Trinajstić information content (AvgIpc) is 3.22. The Morgan fingerprint density at radius 2 is 2.33 bits per heavy atom. The molecule has 8 nitrogen and oxygen atoms in total. The van der Waals surface area contributed by atoms with Gasteiger partial charge < -0.3 is 19.3 Å². The topological polar surface area (TPSA) is 89.1 Å². The number of hydrogen-bond acceptors (Lipinski definition) is 5. The Morgan fingerprint density at radius 3 is 3.00 bits per heavy atom. The van der Waals surface area contributed by atoms with Gasteiger partial charge in [0.1, 0.15) is 27.1 Å². The van der Waals surface area contributed by atoms with E-state index in [1.54, 1.807) is 11.0 Å². The molecule has 0 aromatic carbocycles. The Bertz CT molecular complexity index is 931. The first-order valence-electron chi connectivity index (χ1n) is 7.39. The molecule has 0 bridgehead atoms. The van der Waals surface area contributed by atoms with Crippen LogP contribution in [0.3, 0.4) is 0 Å². The van der Waals surface area contributed by atoms with E-state index in [-0.39, 0.29) is 18.5 Å². The van der Waals surface area contributed by atoms with Gasteiger partial charge in [0.2, 0.25) is 0 Å². The molecule has 0 radical (unpaired) electrons. The molecule has 2 aliphatic heterocycles. The van der Waals surface area contributed by atoms with Crippen LogP contribution in [0.2, 0.25) is 0 Å². The third-order valence-corrected chi connectivity index (χ3v) is 5.18. The van der Waals surface area contributed by atoms with E-state index in [9.17, 15) is 14.7 Å². The van der Waals surface area contributed by atoms with Crippen molar-refractivity contribution in [3.05, 3.63) is 26.6 Å². The van der Waals surface area contributed by atoms with E-state index in [0.29, 0.717) is 45.9 Å². The number of fused-ring (bicyclic) bond motifs is 2. The first-order chi connectivity index (χ1) is 11.5. The van der Waals surface area contributed by atoms with Gasteiger partial charge in [-0.15, -0.1) is 0 Å². The van der Waals surface area contributed by atoms with Crippen molar-refractivity contribution in [2.45, 2.75) is 25.6 Å². The van der Waals surface area contributed by atoms with Crippen LogP contribution in [0.1, 0.15) is 22.5 Å². The number of amides is 1. The number of nitrogens with zero attached hydrogens (tertiary/aromatic N) is 4. The molecule has 1 amide bonds. The number of halogens is 1. The number of ether oxygens (including phenoxy) is 1. The number of carboxylic acids is 1.